The van der Waals surface area contributed by atoms with Crippen molar-refractivity contribution < 1.29 is 9.66 Å². The highest BCUT2D eigenvalue weighted by Crippen LogP contribution is 2.34. The van der Waals surface area contributed by atoms with E-state index in [2.05, 4.69) is 9.97 Å². The van der Waals surface area contributed by atoms with E-state index in [1.54, 1.807) is 0 Å². The van der Waals surface area contributed by atoms with E-state index in [0.717, 1.165) is 12.7 Å². The van der Waals surface area contributed by atoms with Crippen LogP contribution in [0, 0.1) is 16.0 Å². The molecule has 0 aliphatic heterocycles. The molecule has 0 atom stereocenters. The molecule has 1 heterocycles. The fourth-order valence-corrected chi connectivity index (χ4v) is 1.52. The molecule has 0 amide bonds. The quantitative estimate of drug-likeness (QED) is 0.450. The van der Waals surface area contributed by atoms with E-state index in [0.29, 0.717) is 12.5 Å². The molecule has 1 aliphatic rings. The molecule has 1 aliphatic carbocycles. The molecule has 0 saturated heterocycles. The third-order valence-electron chi connectivity index (χ3n) is 2.39. The average Bonchev–Trinajstić information content (AvgIpc) is 3.01. The molecule has 6 nitrogen and oxygen atoms in total. The van der Waals surface area contributed by atoms with Crippen molar-refractivity contribution in [3.63, 3.8) is 0 Å². The van der Waals surface area contributed by atoms with Crippen LogP contribution in [0.15, 0.2) is 6.33 Å². The van der Waals surface area contributed by atoms with Gasteiger partial charge in [-0.2, -0.15) is 4.98 Å². The second kappa shape index (κ2) is 4.61. The van der Waals surface area contributed by atoms with Gasteiger partial charge < -0.3 is 4.74 Å². The molecule has 1 aromatic heterocycles. The number of ether oxygens (including phenoxy) is 1. The maximum Gasteiger partial charge on any atom is 0.367 e. The molecule has 0 aromatic carbocycles. The number of nitro groups is 1. The minimum atomic E-state index is -0.630. The maximum absolute atomic E-state index is 10.7. The number of hydrogen-bond donors (Lipinski definition) is 0. The highest BCUT2D eigenvalue weighted by molar-refractivity contribution is 6.31. The molecule has 2 rings (SSSR count). The highest BCUT2D eigenvalue weighted by atomic mass is 35.5. The van der Waals surface area contributed by atoms with E-state index < -0.39 is 4.92 Å². The van der Waals surface area contributed by atoms with Gasteiger partial charge in [-0.25, -0.2) is 4.98 Å². The van der Waals surface area contributed by atoms with Crippen LogP contribution in [-0.4, -0.2) is 21.5 Å². The van der Waals surface area contributed by atoms with E-state index in [1.807, 2.05) is 0 Å². The lowest BCUT2D eigenvalue weighted by molar-refractivity contribution is -0.386. The van der Waals surface area contributed by atoms with E-state index in [9.17, 15) is 10.1 Å². The number of hydrogen-bond acceptors (Lipinski definition) is 5. The van der Waals surface area contributed by atoms with Crippen molar-refractivity contribution in [3.05, 3.63) is 21.6 Å². The summed E-state index contributed by atoms with van der Waals surface area (Å²) < 4.78 is 5.25. The van der Waals surface area contributed by atoms with E-state index in [1.165, 1.54) is 12.8 Å². The zero-order valence-electron chi connectivity index (χ0n) is 8.43. The largest absolute Gasteiger partial charge is 0.473 e. The van der Waals surface area contributed by atoms with Gasteiger partial charge in [0.25, 0.3) is 5.88 Å². The molecule has 0 unspecified atom stereocenters. The molecule has 0 N–H and O–H groups in total. The van der Waals surface area contributed by atoms with Gasteiger partial charge in [0.1, 0.15) is 6.33 Å². The number of rotatable bonds is 5. The molecule has 0 spiro atoms. The fraction of sp³-hybridized carbons (Fsp3) is 0.556. The van der Waals surface area contributed by atoms with Crippen LogP contribution in [0.2, 0.25) is 5.15 Å². The third-order valence-corrected chi connectivity index (χ3v) is 2.67. The molecule has 86 valence electrons. The Bertz CT molecular complexity index is 409. The molecule has 1 aromatic rings. The predicted octanol–water partition coefficient (Wildman–Crippen LogP) is 2.22. The predicted molar refractivity (Wildman–Crippen MR) is 56.5 cm³/mol. The van der Waals surface area contributed by atoms with Crippen LogP contribution in [0.4, 0.5) is 5.69 Å². The summed E-state index contributed by atoms with van der Waals surface area (Å²) in [4.78, 5) is 17.4. The van der Waals surface area contributed by atoms with Gasteiger partial charge in [0.2, 0.25) is 5.15 Å². The van der Waals surface area contributed by atoms with Gasteiger partial charge in [-0.15, -0.1) is 0 Å². The summed E-state index contributed by atoms with van der Waals surface area (Å²) in [6.45, 7) is 0.429. The highest BCUT2D eigenvalue weighted by Gasteiger charge is 2.25. The van der Waals surface area contributed by atoms with Crippen LogP contribution in [0.3, 0.4) is 0 Å². The first-order chi connectivity index (χ1) is 7.68. The van der Waals surface area contributed by atoms with Gasteiger partial charge in [-0.1, -0.05) is 24.4 Å². The molecule has 1 fully saturated rings. The van der Waals surface area contributed by atoms with Crippen LogP contribution < -0.4 is 4.74 Å². The number of halogens is 1. The standard InChI is InChI=1S/C9H10ClN3O3/c10-8-7(13(14)15)9(12-5-11-8)16-4-3-6-1-2-6/h5-6H,1-4H2. The second-order valence-electron chi connectivity index (χ2n) is 3.66. The fourth-order valence-electron chi connectivity index (χ4n) is 1.33. The van der Waals surface area contributed by atoms with Crippen molar-refractivity contribution in [2.24, 2.45) is 5.92 Å². The Morgan fingerprint density at radius 2 is 2.31 bits per heavy atom. The zero-order valence-corrected chi connectivity index (χ0v) is 9.18. The molecular formula is C9H10ClN3O3. The third kappa shape index (κ3) is 2.57. The molecule has 0 bridgehead atoms. The monoisotopic (exact) mass is 243 g/mol. The smallest absolute Gasteiger partial charge is 0.367 e. The Morgan fingerprint density at radius 1 is 1.56 bits per heavy atom. The Kier molecular flexibility index (Phi) is 3.19. The summed E-state index contributed by atoms with van der Waals surface area (Å²) in [5, 5.41) is 10.5. The first-order valence-corrected chi connectivity index (χ1v) is 5.34. The van der Waals surface area contributed by atoms with Crippen LogP contribution in [0.25, 0.3) is 0 Å². The van der Waals surface area contributed by atoms with Crippen LogP contribution in [0.5, 0.6) is 5.88 Å². The summed E-state index contributed by atoms with van der Waals surface area (Å²) in [5.41, 5.74) is -0.361. The van der Waals surface area contributed by atoms with Crippen LogP contribution in [0.1, 0.15) is 19.3 Å². The number of nitrogens with zero attached hydrogens (tertiary/aromatic N) is 3. The summed E-state index contributed by atoms with van der Waals surface area (Å²) in [7, 11) is 0. The van der Waals surface area contributed by atoms with E-state index >= 15 is 0 Å². The van der Waals surface area contributed by atoms with Crippen LogP contribution >= 0.6 is 11.6 Å². The Morgan fingerprint density at radius 3 is 2.94 bits per heavy atom. The Labute approximate surface area is 96.8 Å². The SMILES string of the molecule is O=[N+]([O-])c1c(Cl)ncnc1OCCC1CC1. The van der Waals surface area contributed by atoms with Gasteiger partial charge >= 0.3 is 5.69 Å². The molecular weight excluding hydrogens is 234 g/mol. The normalized spacial score (nSPS) is 14.8. The minimum absolute atomic E-state index is 0.0503. The van der Waals surface area contributed by atoms with Crippen molar-refractivity contribution in [2.75, 3.05) is 6.61 Å². The maximum atomic E-state index is 10.7. The second-order valence-corrected chi connectivity index (χ2v) is 4.01. The lowest BCUT2D eigenvalue weighted by Crippen LogP contribution is -2.04. The Balaban J connectivity index is 2.05. The van der Waals surface area contributed by atoms with Gasteiger partial charge in [-0.05, 0) is 12.3 Å². The van der Waals surface area contributed by atoms with E-state index in [4.69, 9.17) is 16.3 Å². The summed E-state index contributed by atoms with van der Waals surface area (Å²) >= 11 is 5.61. The molecule has 7 heteroatoms. The van der Waals surface area contributed by atoms with Gasteiger partial charge in [0.05, 0.1) is 11.5 Å². The average molecular weight is 244 g/mol. The summed E-state index contributed by atoms with van der Waals surface area (Å²) in [6, 6.07) is 0. The zero-order chi connectivity index (χ0) is 11.5. The van der Waals surface area contributed by atoms with Crippen LogP contribution in [-0.2, 0) is 0 Å². The topological polar surface area (TPSA) is 78.2 Å². The summed E-state index contributed by atoms with van der Waals surface area (Å²) in [5.74, 6) is 0.655. The van der Waals surface area contributed by atoms with Crippen molar-refractivity contribution in [3.8, 4) is 5.88 Å². The lowest BCUT2D eigenvalue weighted by Gasteiger charge is -2.04. The minimum Gasteiger partial charge on any atom is -0.473 e. The molecule has 16 heavy (non-hydrogen) atoms. The van der Waals surface area contributed by atoms with Gasteiger partial charge in [0.15, 0.2) is 0 Å². The molecule has 0 radical (unpaired) electrons. The lowest BCUT2D eigenvalue weighted by atomic mass is 10.3. The molecule has 1 saturated carbocycles. The van der Waals surface area contributed by atoms with Crippen molar-refractivity contribution in [1.82, 2.24) is 9.97 Å². The first kappa shape index (κ1) is 11.1. The van der Waals surface area contributed by atoms with Gasteiger partial charge in [-0.3, -0.25) is 10.1 Å². The Hall–Kier alpha value is -1.43. The van der Waals surface area contributed by atoms with Crippen molar-refractivity contribution in [2.45, 2.75) is 19.3 Å². The summed E-state index contributed by atoms with van der Waals surface area (Å²) in [6.07, 6.45) is 4.49. The van der Waals surface area contributed by atoms with Gasteiger partial charge in [0, 0.05) is 0 Å². The van der Waals surface area contributed by atoms with Crippen molar-refractivity contribution >= 4 is 17.3 Å². The first-order valence-electron chi connectivity index (χ1n) is 4.96. The van der Waals surface area contributed by atoms with Crippen molar-refractivity contribution in [1.29, 1.82) is 0 Å². The van der Waals surface area contributed by atoms with E-state index in [-0.39, 0.29) is 16.7 Å². The number of aromatic nitrogens is 2.